The number of amides is 1. The van der Waals surface area contributed by atoms with Crippen molar-refractivity contribution in [3.05, 3.63) is 58.8 Å². The summed E-state index contributed by atoms with van der Waals surface area (Å²) in [6.07, 6.45) is 3.00. The van der Waals surface area contributed by atoms with Crippen LogP contribution in [0.3, 0.4) is 0 Å². The van der Waals surface area contributed by atoms with Gasteiger partial charge in [0.15, 0.2) is 5.82 Å². The summed E-state index contributed by atoms with van der Waals surface area (Å²) in [6.45, 7) is 0. The number of rotatable bonds is 2. The van der Waals surface area contributed by atoms with Crippen molar-refractivity contribution in [2.45, 2.75) is 0 Å². The molecule has 23 heavy (non-hydrogen) atoms. The van der Waals surface area contributed by atoms with E-state index in [4.69, 9.17) is 0 Å². The average Bonchev–Trinajstić information content (AvgIpc) is 3.17. The van der Waals surface area contributed by atoms with Crippen LogP contribution in [0.1, 0.15) is 10.5 Å². The first-order valence-electron chi connectivity index (χ1n) is 6.84. The highest BCUT2D eigenvalue weighted by Gasteiger charge is 2.18. The Morgan fingerprint density at radius 1 is 1.30 bits per heavy atom. The van der Waals surface area contributed by atoms with Crippen LogP contribution in [-0.2, 0) is 7.05 Å². The summed E-state index contributed by atoms with van der Waals surface area (Å²) in [5, 5.41) is 6.61. The van der Waals surface area contributed by atoms with Gasteiger partial charge in [-0.1, -0.05) is 11.2 Å². The van der Waals surface area contributed by atoms with E-state index in [0.717, 1.165) is 0 Å². The number of aryl methyl sites for hydroxylation is 1. The third-order valence-electron chi connectivity index (χ3n) is 3.62. The minimum absolute atomic E-state index is 0.221. The topological polar surface area (TPSA) is 94.4 Å². The second-order valence-corrected chi connectivity index (χ2v) is 5.01. The number of hydrogen-bond donors (Lipinski definition) is 1. The molecule has 4 aromatic rings. The van der Waals surface area contributed by atoms with Gasteiger partial charge in [-0.05, 0) is 18.2 Å². The van der Waals surface area contributed by atoms with Gasteiger partial charge in [-0.15, -0.1) is 0 Å². The highest BCUT2D eigenvalue weighted by molar-refractivity contribution is 6.05. The molecule has 0 atom stereocenters. The van der Waals surface area contributed by atoms with Gasteiger partial charge in [0.05, 0.1) is 5.39 Å². The standard InChI is InChI=1S/C15H11N5O3/c1-19-10(14(21)16-11-5-7-23-18-11)8-9-13(19)17-12-4-2-3-6-20(12)15(9)22/h2-8H,1H3,(H,16,18,21). The highest BCUT2D eigenvalue weighted by Crippen LogP contribution is 2.16. The second kappa shape index (κ2) is 4.80. The molecule has 0 bridgehead atoms. The molecule has 0 saturated heterocycles. The Balaban J connectivity index is 1.90. The monoisotopic (exact) mass is 309 g/mol. The molecule has 0 spiro atoms. The maximum Gasteiger partial charge on any atom is 0.273 e. The molecule has 0 fully saturated rings. The molecule has 4 aromatic heterocycles. The van der Waals surface area contributed by atoms with Crippen molar-refractivity contribution in [3.8, 4) is 0 Å². The van der Waals surface area contributed by atoms with E-state index in [0.29, 0.717) is 28.2 Å². The summed E-state index contributed by atoms with van der Waals surface area (Å²) in [6, 6.07) is 8.35. The summed E-state index contributed by atoms with van der Waals surface area (Å²) in [7, 11) is 1.69. The first-order chi connectivity index (χ1) is 11.1. The molecular weight excluding hydrogens is 298 g/mol. The van der Waals surface area contributed by atoms with E-state index < -0.39 is 5.91 Å². The fraction of sp³-hybridized carbons (Fsp3) is 0.0667. The van der Waals surface area contributed by atoms with Crippen LogP contribution < -0.4 is 10.9 Å². The van der Waals surface area contributed by atoms with E-state index in [9.17, 15) is 9.59 Å². The van der Waals surface area contributed by atoms with Crippen LogP contribution in [0.5, 0.6) is 0 Å². The normalized spacial score (nSPS) is 11.2. The zero-order valence-electron chi connectivity index (χ0n) is 12.1. The van der Waals surface area contributed by atoms with E-state index in [1.807, 2.05) is 0 Å². The summed E-state index contributed by atoms with van der Waals surface area (Å²) < 4.78 is 7.70. The molecule has 0 aromatic carbocycles. The predicted octanol–water partition coefficient (Wildman–Crippen LogP) is 1.43. The van der Waals surface area contributed by atoms with Crippen LogP contribution in [-0.4, -0.2) is 25.0 Å². The quantitative estimate of drug-likeness (QED) is 0.604. The minimum atomic E-state index is -0.396. The van der Waals surface area contributed by atoms with E-state index in [-0.39, 0.29) is 5.56 Å². The van der Waals surface area contributed by atoms with Crippen molar-refractivity contribution < 1.29 is 9.32 Å². The third-order valence-corrected chi connectivity index (χ3v) is 3.62. The number of anilines is 1. The molecule has 8 nitrogen and oxygen atoms in total. The van der Waals surface area contributed by atoms with E-state index in [2.05, 4.69) is 20.0 Å². The van der Waals surface area contributed by atoms with Crippen molar-refractivity contribution >= 4 is 28.4 Å². The lowest BCUT2D eigenvalue weighted by Crippen LogP contribution is -2.16. The Kier molecular flexibility index (Phi) is 2.77. The Morgan fingerprint density at radius 3 is 2.96 bits per heavy atom. The Hall–Kier alpha value is -3.42. The Labute approximate surface area is 129 Å². The molecule has 1 N–H and O–H groups in total. The molecular formula is C15H11N5O3. The maximum absolute atomic E-state index is 12.5. The van der Waals surface area contributed by atoms with Crippen molar-refractivity contribution in [2.75, 3.05) is 5.32 Å². The third kappa shape index (κ3) is 2.00. The largest absolute Gasteiger partial charge is 0.363 e. The van der Waals surface area contributed by atoms with Crippen molar-refractivity contribution in [1.82, 2.24) is 19.1 Å². The Bertz CT molecular complexity index is 1090. The number of nitrogens with zero attached hydrogens (tertiary/aromatic N) is 4. The fourth-order valence-electron chi connectivity index (χ4n) is 2.50. The van der Waals surface area contributed by atoms with Crippen molar-refractivity contribution in [3.63, 3.8) is 0 Å². The van der Waals surface area contributed by atoms with E-state index >= 15 is 0 Å². The lowest BCUT2D eigenvalue weighted by Gasteiger charge is -2.04. The number of carbonyl (C=O) groups excluding carboxylic acids is 1. The van der Waals surface area contributed by atoms with Crippen LogP contribution in [0.2, 0.25) is 0 Å². The number of aromatic nitrogens is 4. The van der Waals surface area contributed by atoms with Crippen LogP contribution in [0.15, 0.2) is 52.1 Å². The number of carbonyl (C=O) groups is 1. The molecule has 0 aliphatic rings. The molecule has 0 aliphatic heterocycles. The molecule has 0 radical (unpaired) electrons. The number of pyridine rings is 1. The van der Waals surface area contributed by atoms with E-state index in [1.165, 1.54) is 22.8 Å². The van der Waals surface area contributed by atoms with Crippen molar-refractivity contribution in [2.24, 2.45) is 7.05 Å². The fourth-order valence-corrected chi connectivity index (χ4v) is 2.50. The van der Waals surface area contributed by atoms with Gasteiger partial charge >= 0.3 is 0 Å². The summed E-state index contributed by atoms with van der Waals surface area (Å²) >= 11 is 0. The predicted molar refractivity (Wildman–Crippen MR) is 82.4 cm³/mol. The van der Waals surface area contributed by atoms with Crippen molar-refractivity contribution in [1.29, 1.82) is 0 Å². The molecule has 0 saturated carbocycles. The van der Waals surface area contributed by atoms with Gasteiger partial charge in [-0.25, -0.2) is 4.98 Å². The molecule has 8 heteroatoms. The molecule has 0 aliphatic carbocycles. The Morgan fingerprint density at radius 2 is 2.17 bits per heavy atom. The van der Waals surface area contributed by atoms with Crippen LogP contribution in [0.4, 0.5) is 5.82 Å². The van der Waals surface area contributed by atoms with Crippen LogP contribution in [0.25, 0.3) is 16.7 Å². The smallest absolute Gasteiger partial charge is 0.273 e. The van der Waals surface area contributed by atoms with Crippen LogP contribution >= 0.6 is 0 Å². The molecule has 114 valence electrons. The first kappa shape index (κ1) is 13.3. The van der Waals surface area contributed by atoms with Gasteiger partial charge in [-0.3, -0.25) is 14.0 Å². The number of hydrogen-bond acceptors (Lipinski definition) is 5. The van der Waals surface area contributed by atoms with Gasteiger partial charge in [0, 0.05) is 19.3 Å². The lowest BCUT2D eigenvalue weighted by molar-refractivity contribution is 0.101. The SMILES string of the molecule is Cn1c(C(=O)Nc2ccon2)cc2c(=O)n3ccccc3nc21. The maximum atomic E-state index is 12.5. The second-order valence-electron chi connectivity index (χ2n) is 5.01. The van der Waals surface area contributed by atoms with Gasteiger partial charge in [-0.2, -0.15) is 0 Å². The highest BCUT2D eigenvalue weighted by atomic mass is 16.5. The van der Waals surface area contributed by atoms with Crippen LogP contribution in [0, 0.1) is 0 Å². The van der Waals surface area contributed by atoms with Gasteiger partial charge in [0.2, 0.25) is 0 Å². The summed E-state index contributed by atoms with van der Waals surface area (Å²) in [5.74, 6) is -0.0945. The number of fused-ring (bicyclic) bond motifs is 2. The summed E-state index contributed by atoms with van der Waals surface area (Å²) in [4.78, 5) is 29.4. The zero-order valence-corrected chi connectivity index (χ0v) is 12.1. The van der Waals surface area contributed by atoms with Gasteiger partial charge in [0.25, 0.3) is 11.5 Å². The molecule has 4 heterocycles. The number of nitrogens with one attached hydrogen (secondary N) is 1. The average molecular weight is 309 g/mol. The molecule has 1 amide bonds. The van der Waals surface area contributed by atoms with Gasteiger partial charge in [0.1, 0.15) is 23.3 Å². The minimum Gasteiger partial charge on any atom is -0.363 e. The first-order valence-corrected chi connectivity index (χ1v) is 6.84. The molecule has 4 rings (SSSR count). The summed E-state index contributed by atoms with van der Waals surface area (Å²) in [5.41, 5.74) is 1.06. The van der Waals surface area contributed by atoms with Gasteiger partial charge < -0.3 is 14.4 Å². The molecule has 0 unspecified atom stereocenters. The lowest BCUT2D eigenvalue weighted by atomic mass is 10.3. The van der Waals surface area contributed by atoms with E-state index in [1.54, 1.807) is 36.0 Å². The zero-order chi connectivity index (χ0) is 16.0.